The Morgan fingerprint density at radius 1 is 1.09 bits per heavy atom. The largest absolute Gasteiger partial charge is 0.362 e. The van der Waals surface area contributed by atoms with Crippen molar-refractivity contribution >= 4 is 22.9 Å². The Morgan fingerprint density at radius 3 is 2.64 bits per heavy atom. The minimum absolute atomic E-state index is 0.764. The zero-order chi connectivity index (χ0) is 15.7. The Balaban J connectivity index is 1.88. The molecule has 0 fully saturated rings. The van der Waals surface area contributed by atoms with Gasteiger partial charge in [-0.25, -0.2) is 4.98 Å². The average molecular weight is 292 g/mol. The predicted molar refractivity (Wildman–Crippen MR) is 92.7 cm³/mol. The number of fused-ring (bicyclic) bond motifs is 1. The fourth-order valence-electron chi connectivity index (χ4n) is 2.67. The molecule has 0 spiro atoms. The van der Waals surface area contributed by atoms with Crippen LogP contribution in [0.25, 0.3) is 10.9 Å². The zero-order valence-electron chi connectivity index (χ0n) is 13.4. The van der Waals surface area contributed by atoms with Crippen molar-refractivity contribution < 1.29 is 0 Å². The van der Waals surface area contributed by atoms with Gasteiger partial charge < -0.3 is 4.98 Å². The van der Waals surface area contributed by atoms with Crippen LogP contribution in [0.1, 0.15) is 28.1 Å². The number of nitrogens with zero attached hydrogens (tertiary/aromatic N) is 2. The first-order valence-electron chi connectivity index (χ1n) is 7.37. The van der Waals surface area contributed by atoms with E-state index < -0.39 is 0 Å². The molecule has 1 aromatic carbocycles. The molecule has 3 aromatic rings. The van der Waals surface area contributed by atoms with Gasteiger partial charge in [-0.15, -0.1) is 0 Å². The third kappa shape index (κ3) is 2.72. The van der Waals surface area contributed by atoms with Crippen molar-refractivity contribution in [2.75, 3.05) is 5.43 Å². The van der Waals surface area contributed by atoms with E-state index in [1.807, 2.05) is 26.1 Å². The molecule has 2 N–H and O–H groups in total. The quantitative estimate of drug-likeness (QED) is 0.560. The van der Waals surface area contributed by atoms with Crippen LogP contribution in [-0.4, -0.2) is 16.2 Å². The molecule has 0 radical (unpaired) electrons. The van der Waals surface area contributed by atoms with Crippen LogP contribution in [0, 0.1) is 27.7 Å². The lowest BCUT2D eigenvalue weighted by Gasteiger charge is -2.07. The van der Waals surface area contributed by atoms with E-state index in [1.165, 1.54) is 16.5 Å². The van der Waals surface area contributed by atoms with Crippen LogP contribution in [0.2, 0.25) is 0 Å². The Labute approximate surface area is 130 Å². The molecule has 0 aliphatic rings. The summed E-state index contributed by atoms with van der Waals surface area (Å²) in [4.78, 5) is 7.92. The predicted octanol–water partition coefficient (Wildman–Crippen LogP) is 4.24. The van der Waals surface area contributed by atoms with Crippen LogP contribution >= 0.6 is 0 Å². The molecule has 112 valence electrons. The minimum Gasteiger partial charge on any atom is -0.362 e. The number of anilines is 1. The van der Waals surface area contributed by atoms with Crippen molar-refractivity contribution in [3.05, 3.63) is 58.4 Å². The van der Waals surface area contributed by atoms with Crippen LogP contribution in [0.4, 0.5) is 5.82 Å². The monoisotopic (exact) mass is 292 g/mol. The van der Waals surface area contributed by atoms with Crippen molar-refractivity contribution in [2.24, 2.45) is 5.10 Å². The SMILES string of the molecule is Cc1cc(/C=N/Nc2cc(C)c3cccc(C)c3n2)c(C)[nH]1. The maximum Gasteiger partial charge on any atom is 0.147 e. The van der Waals surface area contributed by atoms with Gasteiger partial charge in [0.1, 0.15) is 5.82 Å². The number of hydrazone groups is 1. The van der Waals surface area contributed by atoms with E-state index in [0.29, 0.717) is 0 Å². The highest BCUT2D eigenvalue weighted by Gasteiger charge is 2.04. The molecule has 4 nitrogen and oxygen atoms in total. The molecule has 0 bridgehead atoms. The van der Waals surface area contributed by atoms with Gasteiger partial charge in [0.15, 0.2) is 0 Å². The Morgan fingerprint density at radius 2 is 1.91 bits per heavy atom. The maximum absolute atomic E-state index is 4.66. The van der Waals surface area contributed by atoms with E-state index in [9.17, 15) is 0 Å². The first-order valence-corrected chi connectivity index (χ1v) is 7.37. The summed E-state index contributed by atoms with van der Waals surface area (Å²) in [5.41, 5.74) is 9.75. The topological polar surface area (TPSA) is 53.1 Å². The van der Waals surface area contributed by atoms with E-state index >= 15 is 0 Å². The number of H-pyrrole nitrogens is 1. The molecular weight excluding hydrogens is 272 g/mol. The fourth-order valence-corrected chi connectivity index (χ4v) is 2.67. The van der Waals surface area contributed by atoms with Gasteiger partial charge in [-0.1, -0.05) is 18.2 Å². The Hall–Kier alpha value is -2.62. The molecule has 0 amide bonds. The molecule has 22 heavy (non-hydrogen) atoms. The van der Waals surface area contributed by atoms with Crippen LogP contribution in [0.3, 0.4) is 0 Å². The molecule has 2 heterocycles. The smallest absolute Gasteiger partial charge is 0.147 e. The second-order valence-electron chi connectivity index (χ2n) is 5.70. The van der Waals surface area contributed by atoms with E-state index in [2.05, 4.69) is 58.6 Å². The molecular formula is C18H20N4. The molecule has 0 aliphatic heterocycles. The molecule has 0 saturated carbocycles. The van der Waals surface area contributed by atoms with E-state index in [0.717, 1.165) is 28.3 Å². The molecule has 0 aliphatic carbocycles. The number of hydrogen-bond acceptors (Lipinski definition) is 3. The molecule has 4 heteroatoms. The van der Waals surface area contributed by atoms with Gasteiger partial charge in [-0.05, 0) is 51.0 Å². The summed E-state index contributed by atoms with van der Waals surface area (Å²) in [6.45, 7) is 8.25. The van der Waals surface area contributed by atoms with E-state index in [1.54, 1.807) is 0 Å². The van der Waals surface area contributed by atoms with Gasteiger partial charge in [0, 0.05) is 22.3 Å². The molecule has 0 unspecified atom stereocenters. The number of pyridine rings is 1. The molecule has 2 aromatic heterocycles. The van der Waals surface area contributed by atoms with Crippen LogP contribution in [0.5, 0.6) is 0 Å². The summed E-state index contributed by atoms with van der Waals surface area (Å²) in [7, 11) is 0. The van der Waals surface area contributed by atoms with Crippen molar-refractivity contribution in [3.63, 3.8) is 0 Å². The summed E-state index contributed by atoms with van der Waals surface area (Å²) in [5.74, 6) is 0.764. The summed E-state index contributed by atoms with van der Waals surface area (Å²) in [6, 6.07) is 10.3. The standard InChI is InChI=1S/C18H20N4/c1-11-6-5-7-16-12(2)8-17(21-18(11)16)22-19-10-15-9-13(3)20-14(15)4/h5-10,20H,1-4H3,(H,21,22)/b19-10+. The summed E-state index contributed by atoms with van der Waals surface area (Å²) in [5, 5.41) is 5.49. The van der Waals surface area contributed by atoms with Crippen molar-refractivity contribution in [1.29, 1.82) is 0 Å². The Bertz CT molecular complexity index is 859. The third-order valence-corrected chi connectivity index (χ3v) is 3.82. The van der Waals surface area contributed by atoms with Crippen molar-refractivity contribution in [1.82, 2.24) is 9.97 Å². The highest BCUT2D eigenvalue weighted by molar-refractivity contribution is 5.86. The van der Waals surface area contributed by atoms with Gasteiger partial charge in [-0.3, -0.25) is 5.43 Å². The van der Waals surface area contributed by atoms with Crippen LogP contribution in [-0.2, 0) is 0 Å². The summed E-state index contributed by atoms with van der Waals surface area (Å²) in [6.07, 6.45) is 1.82. The Kier molecular flexibility index (Phi) is 3.67. The second kappa shape index (κ2) is 5.64. The van der Waals surface area contributed by atoms with Crippen molar-refractivity contribution in [2.45, 2.75) is 27.7 Å². The highest BCUT2D eigenvalue weighted by Crippen LogP contribution is 2.22. The van der Waals surface area contributed by atoms with Crippen LogP contribution < -0.4 is 5.43 Å². The number of aryl methyl sites for hydroxylation is 4. The number of hydrogen-bond donors (Lipinski definition) is 2. The number of rotatable bonds is 3. The fraction of sp³-hybridized carbons (Fsp3) is 0.222. The number of benzene rings is 1. The average Bonchev–Trinajstić information content (AvgIpc) is 2.78. The van der Waals surface area contributed by atoms with Gasteiger partial charge >= 0.3 is 0 Å². The molecule has 3 rings (SSSR count). The summed E-state index contributed by atoms with van der Waals surface area (Å²) < 4.78 is 0. The van der Waals surface area contributed by atoms with Gasteiger partial charge in [-0.2, -0.15) is 5.10 Å². The van der Waals surface area contributed by atoms with Gasteiger partial charge in [0.2, 0.25) is 0 Å². The summed E-state index contributed by atoms with van der Waals surface area (Å²) >= 11 is 0. The lowest BCUT2D eigenvalue weighted by molar-refractivity contribution is 1.18. The normalized spacial score (nSPS) is 11.5. The maximum atomic E-state index is 4.66. The minimum atomic E-state index is 0.764. The third-order valence-electron chi connectivity index (χ3n) is 3.82. The number of aromatic amines is 1. The van der Waals surface area contributed by atoms with Crippen LogP contribution in [0.15, 0.2) is 35.4 Å². The first kappa shape index (κ1) is 14.3. The number of nitrogens with one attached hydrogen (secondary N) is 2. The lowest BCUT2D eigenvalue weighted by atomic mass is 10.1. The number of para-hydroxylation sites is 1. The molecule has 0 atom stereocenters. The number of aromatic nitrogens is 2. The first-order chi connectivity index (χ1) is 10.5. The van der Waals surface area contributed by atoms with Crippen molar-refractivity contribution in [3.8, 4) is 0 Å². The van der Waals surface area contributed by atoms with Gasteiger partial charge in [0.05, 0.1) is 11.7 Å². The molecule has 0 saturated heterocycles. The second-order valence-corrected chi connectivity index (χ2v) is 5.70. The van der Waals surface area contributed by atoms with Gasteiger partial charge in [0.25, 0.3) is 0 Å². The van der Waals surface area contributed by atoms with E-state index in [4.69, 9.17) is 0 Å². The highest BCUT2D eigenvalue weighted by atomic mass is 15.3. The zero-order valence-corrected chi connectivity index (χ0v) is 13.4. The van der Waals surface area contributed by atoms with E-state index in [-0.39, 0.29) is 0 Å². The lowest BCUT2D eigenvalue weighted by Crippen LogP contribution is -1.96.